The monoisotopic (exact) mass is 346 g/mol. The summed E-state index contributed by atoms with van der Waals surface area (Å²) in [4.78, 5) is 12.7. The van der Waals surface area contributed by atoms with Gasteiger partial charge in [-0.15, -0.1) is 0 Å². The smallest absolute Gasteiger partial charge is 0.347 e. The first kappa shape index (κ1) is 17.7. The quantitative estimate of drug-likeness (QED) is 0.486. The van der Waals surface area contributed by atoms with E-state index in [1.165, 1.54) is 0 Å². The lowest BCUT2D eigenvalue weighted by atomic mass is 10.00. The van der Waals surface area contributed by atoms with Crippen molar-refractivity contribution in [3.05, 3.63) is 83.4 Å². The predicted molar refractivity (Wildman–Crippen MR) is 104 cm³/mol. The van der Waals surface area contributed by atoms with E-state index < -0.39 is 5.97 Å². The fourth-order valence-electron chi connectivity index (χ4n) is 2.92. The van der Waals surface area contributed by atoms with Gasteiger partial charge in [0.1, 0.15) is 17.1 Å². The number of carbonyl (C=O) groups is 1. The molecule has 0 aliphatic rings. The first-order valence-electron chi connectivity index (χ1n) is 8.67. The van der Waals surface area contributed by atoms with E-state index >= 15 is 0 Å². The van der Waals surface area contributed by atoms with E-state index in [2.05, 4.69) is 13.8 Å². The number of hydrogen-bond donors (Lipinski definition) is 1. The number of phenols is 1. The molecule has 0 radical (unpaired) electrons. The minimum absolute atomic E-state index is 0.0672. The number of para-hydroxylation sites is 1. The largest absolute Gasteiger partial charge is 0.506 e. The molecule has 0 fully saturated rings. The molecule has 0 aromatic heterocycles. The summed E-state index contributed by atoms with van der Waals surface area (Å²) in [5.74, 6) is 0.132. The van der Waals surface area contributed by atoms with E-state index in [0.29, 0.717) is 11.3 Å². The molecule has 132 valence electrons. The van der Waals surface area contributed by atoms with Crippen LogP contribution in [0.2, 0.25) is 0 Å². The molecular weight excluding hydrogens is 324 g/mol. The second-order valence-corrected chi connectivity index (χ2v) is 6.65. The van der Waals surface area contributed by atoms with Crippen LogP contribution in [0.1, 0.15) is 41.3 Å². The molecule has 0 aliphatic carbocycles. The van der Waals surface area contributed by atoms with Crippen LogP contribution in [-0.2, 0) is 0 Å². The van der Waals surface area contributed by atoms with Gasteiger partial charge in [-0.2, -0.15) is 0 Å². The van der Waals surface area contributed by atoms with Crippen LogP contribution >= 0.6 is 0 Å². The van der Waals surface area contributed by atoms with E-state index in [0.717, 1.165) is 16.7 Å². The molecule has 3 aromatic rings. The molecule has 0 atom stereocenters. The molecule has 0 spiro atoms. The molecule has 0 unspecified atom stereocenters. The molecule has 3 nitrogen and oxygen atoms in total. The third kappa shape index (κ3) is 3.62. The third-order valence-corrected chi connectivity index (χ3v) is 4.33. The summed E-state index contributed by atoms with van der Waals surface area (Å²) in [6.07, 6.45) is 0. The number of ether oxygens (including phenoxy) is 1. The van der Waals surface area contributed by atoms with E-state index in [4.69, 9.17) is 4.74 Å². The number of rotatable bonds is 4. The molecule has 26 heavy (non-hydrogen) atoms. The van der Waals surface area contributed by atoms with Crippen molar-refractivity contribution in [3.63, 3.8) is 0 Å². The van der Waals surface area contributed by atoms with Gasteiger partial charge in [-0.05, 0) is 41.7 Å². The summed E-state index contributed by atoms with van der Waals surface area (Å²) >= 11 is 0. The van der Waals surface area contributed by atoms with Crippen molar-refractivity contribution in [2.75, 3.05) is 0 Å². The van der Waals surface area contributed by atoms with Gasteiger partial charge in [0.25, 0.3) is 0 Å². The van der Waals surface area contributed by atoms with Gasteiger partial charge in [0, 0.05) is 5.56 Å². The molecular formula is C23H22O3. The van der Waals surface area contributed by atoms with E-state index in [1.807, 2.05) is 55.5 Å². The van der Waals surface area contributed by atoms with Gasteiger partial charge in [-0.25, -0.2) is 4.79 Å². The highest BCUT2D eigenvalue weighted by Crippen LogP contribution is 2.34. The Kier molecular flexibility index (Phi) is 5.08. The minimum atomic E-state index is -0.562. The van der Waals surface area contributed by atoms with Gasteiger partial charge in [0.05, 0.1) is 0 Å². The first-order valence-corrected chi connectivity index (χ1v) is 8.67. The van der Waals surface area contributed by atoms with Crippen molar-refractivity contribution in [2.45, 2.75) is 26.7 Å². The van der Waals surface area contributed by atoms with Crippen molar-refractivity contribution in [1.29, 1.82) is 0 Å². The van der Waals surface area contributed by atoms with Crippen LogP contribution in [0.5, 0.6) is 11.5 Å². The number of benzene rings is 3. The number of phenolic OH excluding ortho intramolecular Hbond substituents is 1. The highest BCUT2D eigenvalue weighted by molar-refractivity contribution is 5.96. The molecule has 3 rings (SSSR count). The summed E-state index contributed by atoms with van der Waals surface area (Å²) in [7, 11) is 0. The predicted octanol–water partition coefficient (Wildman–Crippen LogP) is 5.71. The Morgan fingerprint density at radius 2 is 1.69 bits per heavy atom. The first-order chi connectivity index (χ1) is 12.5. The lowest BCUT2D eigenvalue weighted by Gasteiger charge is -2.15. The maximum Gasteiger partial charge on any atom is 0.347 e. The van der Waals surface area contributed by atoms with Crippen LogP contribution < -0.4 is 4.74 Å². The highest BCUT2D eigenvalue weighted by Gasteiger charge is 2.19. The van der Waals surface area contributed by atoms with Crippen LogP contribution in [0.25, 0.3) is 11.1 Å². The van der Waals surface area contributed by atoms with Crippen molar-refractivity contribution >= 4 is 5.97 Å². The Hall–Kier alpha value is -3.07. The second kappa shape index (κ2) is 7.44. The summed E-state index contributed by atoms with van der Waals surface area (Å²) in [6, 6.07) is 20.4. The second-order valence-electron chi connectivity index (χ2n) is 6.65. The minimum Gasteiger partial charge on any atom is -0.506 e. The van der Waals surface area contributed by atoms with E-state index in [1.54, 1.807) is 18.2 Å². The topological polar surface area (TPSA) is 46.5 Å². The van der Waals surface area contributed by atoms with Crippen LogP contribution in [0.15, 0.2) is 66.7 Å². The summed E-state index contributed by atoms with van der Waals surface area (Å²) in [6.45, 7) is 6.06. The van der Waals surface area contributed by atoms with Gasteiger partial charge in [-0.3, -0.25) is 0 Å². The summed E-state index contributed by atoms with van der Waals surface area (Å²) in [5, 5.41) is 10.6. The molecule has 0 saturated carbocycles. The Labute approximate surface area is 153 Å². The fourth-order valence-corrected chi connectivity index (χ4v) is 2.92. The van der Waals surface area contributed by atoms with Crippen molar-refractivity contribution < 1.29 is 14.6 Å². The Morgan fingerprint density at radius 1 is 0.962 bits per heavy atom. The number of hydrogen-bond acceptors (Lipinski definition) is 3. The zero-order valence-electron chi connectivity index (χ0n) is 15.2. The number of aryl methyl sites for hydroxylation is 1. The lowest BCUT2D eigenvalue weighted by molar-refractivity contribution is 0.0730. The van der Waals surface area contributed by atoms with E-state index in [9.17, 15) is 9.90 Å². The van der Waals surface area contributed by atoms with Gasteiger partial charge in [0.2, 0.25) is 0 Å². The molecule has 0 saturated heterocycles. The maximum absolute atomic E-state index is 12.7. The van der Waals surface area contributed by atoms with Crippen LogP contribution in [0, 0.1) is 6.92 Å². The number of esters is 1. The van der Waals surface area contributed by atoms with Crippen LogP contribution in [-0.4, -0.2) is 11.1 Å². The lowest BCUT2D eigenvalue weighted by Crippen LogP contribution is -2.11. The Morgan fingerprint density at radius 3 is 2.38 bits per heavy atom. The van der Waals surface area contributed by atoms with Crippen molar-refractivity contribution in [1.82, 2.24) is 0 Å². The summed E-state index contributed by atoms with van der Waals surface area (Å²) in [5.41, 5.74) is 3.58. The third-order valence-electron chi connectivity index (χ3n) is 4.33. The van der Waals surface area contributed by atoms with E-state index in [-0.39, 0.29) is 17.2 Å². The highest BCUT2D eigenvalue weighted by atomic mass is 16.5. The normalized spacial score (nSPS) is 10.8. The van der Waals surface area contributed by atoms with Crippen LogP contribution in [0.3, 0.4) is 0 Å². The summed E-state index contributed by atoms with van der Waals surface area (Å²) < 4.78 is 5.65. The zero-order chi connectivity index (χ0) is 18.7. The Balaban J connectivity index is 1.96. The molecule has 0 heterocycles. The van der Waals surface area contributed by atoms with Crippen molar-refractivity contribution in [3.8, 4) is 22.6 Å². The molecule has 0 bridgehead atoms. The molecule has 1 N–H and O–H groups in total. The molecule has 0 aliphatic heterocycles. The fraction of sp³-hybridized carbons (Fsp3) is 0.174. The molecule has 0 amide bonds. The average Bonchev–Trinajstić information content (AvgIpc) is 2.62. The number of carbonyl (C=O) groups excluding carboxylic acids is 1. The maximum atomic E-state index is 12.7. The standard InChI is InChI=1S/C23H22O3/c1-15(2)18-13-12-16(3)14-21(18)26-23(25)20-11-7-10-19(22(20)24)17-8-5-4-6-9-17/h4-15,24H,1-3H3. The zero-order valence-corrected chi connectivity index (χ0v) is 15.2. The molecule has 3 aromatic carbocycles. The van der Waals surface area contributed by atoms with Crippen molar-refractivity contribution in [2.24, 2.45) is 0 Å². The average molecular weight is 346 g/mol. The number of aromatic hydroxyl groups is 1. The van der Waals surface area contributed by atoms with Crippen LogP contribution in [0.4, 0.5) is 0 Å². The van der Waals surface area contributed by atoms with Gasteiger partial charge in [0.15, 0.2) is 0 Å². The van der Waals surface area contributed by atoms with Gasteiger partial charge < -0.3 is 9.84 Å². The van der Waals surface area contributed by atoms with Gasteiger partial charge in [-0.1, -0.05) is 68.4 Å². The van der Waals surface area contributed by atoms with Gasteiger partial charge >= 0.3 is 5.97 Å². The molecule has 3 heteroatoms. The SMILES string of the molecule is Cc1ccc(C(C)C)c(OC(=O)c2cccc(-c3ccccc3)c2O)c1. The Bertz CT molecular complexity index is 927.